The molecule has 0 aliphatic heterocycles. The van der Waals surface area contributed by atoms with Crippen LogP contribution in [0.5, 0.6) is 0 Å². The molecule has 0 aliphatic rings. The number of carbonyl (C=O) groups is 3. The molecule has 1 aromatic rings. The van der Waals surface area contributed by atoms with Crippen LogP contribution in [0.4, 0.5) is 13.2 Å². The maximum Gasteiger partial charge on any atom is 0.709 e. The van der Waals surface area contributed by atoms with Gasteiger partial charge in [-0.15, -0.1) is 0 Å². The summed E-state index contributed by atoms with van der Waals surface area (Å²) in [5, 5.41) is 0. The smallest absolute Gasteiger partial charge is 0.455 e. The summed E-state index contributed by atoms with van der Waals surface area (Å²) in [6.45, 7) is 4.38. The lowest BCUT2D eigenvalue weighted by Gasteiger charge is -2.27. The van der Waals surface area contributed by atoms with Gasteiger partial charge in [0.1, 0.15) is 0 Å². The van der Waals surface area contributed by atoms with E-state index in [-0.39, 0.29) is 24.8 Å². The minimum Gasteiger partial charge on any atom is -0.455 e. The predicted octanol–water partition coefficient (Wildman–Crippen LogP) is 2.98. The molecule has 0 aromatic heterocycles. The van der Waals surface area contributed by atoms with E-state index in [9.17, 15) is 27.6 Å². The van der Waals surface area contributed by atoms with Gasteiger partial charge in [0.25, 0.3) is 17.9 Å². The second kappa shape index (κ2) is 9.37. The standard InChI is InChI=1S/C16H19F3O6Si/c1-4-13(20)23-26(24-14(21)5-2,25-15(22)6-3)9-10-7-11(17)16(19)12(18)8-10/h7-8H,4-6,9H2,1-3H3. The van der Waals surface area contributed by atoms with Gasteiger partial charge < -0.3 is 13.3 Å². The fraction of sp³-hybridized carbons (Fsp3) is 0.438. The first-order chi connectivity index (χ1) is 12.2. The summed E-state index contributed by atoms with van der Waals surface area (Å²) in [5.41, 5.74) is -0.190. The summed E-state index contributed by atoms with van der Waals surface area (Å²) in [6, 6.07) is 0.726. The molecule has 1 aromatic carbocycles. The Balaban J connectivity index is 3.35. The van der Waals surface area contributed by atoms with Crippen molar-refractivity contribution >= 4 is 26.7 Å². The van der Waals surface area contributed by atoms with Gasteiger partial charge in [-0.25, -0.2) is 13.2 Å². The summed E-state index contributed by atoms with van der Waals surface area (Å²) in [5.74, 6) is -7.11. The third-order valence-corrected chi connectivity index (χ3v) is 5.60. The molecule has 144 valence electrons. The van der Waals surface area contributed by atoms with Crippen LogP contribution in [0.15, 0.2) is 12.1 Å². The average Bonchev–Trinajstić information content (AvgIpc) is 2.58. The SMILES string of the molecule is CCC(=O)O[Si](Cc1cc(F)c(F)c(F)c1)(OC(=O)CC)OC(=O)CC. The van der Waals surface area contributed by atoms with Gasteiger partial charge >= 0.3 is 8.80 Å². The van der Waals surface area contributed by atoms with Gasteiger partial charge in [-0.1, -0.05) is 20.8 Å². The van der Waals surface area contributed by atoms with Gasteiger partial charge in [0.05, 0.1) is 6.04 Å². The summed E-state index contributed by atoms with van der Waals surface area (Å²) in [6.07, 6.45) is -0.350. The van der Waals surface area contributed by atoms with E-state index < -0.39 is 50.2 Å². The molecule has 0 spiro atoms. The van der Waals surface area contributed by atoms with Gasteiger partial charge in [0, 0.05) is 19.3 Å². The Labute approximate surface area is 149 Å². The highest BCUT2D eigenvalue weighted by atomic mass is 28.4. The molecule has 0 atom stereocenters. The van der Waals surface area contributed by atoms with E-state index in [1.807, 2.05) is 0 Å². The van der Waals surface area contributed by atoms with Crippen LogP contribution in [0.1, 0.15) is 45.6 Å². The number of hydrogen-bond donors (Lipinski definition) is 0. The number of hydrogen-bond acceptors (Lipinski definition) is 6. The monoisotopic (exact) mass is 392 g/mol. The quantitative estimate of drug-likeness (QED) is 0.500. The van der Waals surface area contributed by atoms with Crippen molar-refractivity contribution in [1.82, 2.24) is 0 Å². The Morgan fingerprint density at radius 2 is 1.15 bits per heavy atom. The van der Waals surface area contributed by atoms with Crippen molar-refractivity contribution in [3.05, 3.63) is 35.1 Å². The first-order valence-corrected chi connectivity index (χ1v) is 9.88. The Morgan fingerprint density at radius 3 is 1.46 bits per heavy atom. The van der Waals surface area contributed by atoms with Crippen molar-refractivity contribution in [1.29, 1.82) is 0 Å². The van der Waals surface area contributed by atoms with Crippen molar-refractivity contribution in [2.45, 2.75) is 46.1 Å². The predicted molar refractivity (Wildman–Crippen MR) is 84.9 cm³/mol. The zero-order valence-electron chi connectivity index (χ0n) is 14.6. The van der Waals surface area contributed by atoms with E-state index in [2.05, 4.69) is 0 Å². The van der Waals surface area contributed by atoms with Crippen LogP contribution in [-0.2, 0) is 33.7 Å². The van der Waals surface area contributed by atoms with Crippen molar-refractivity contribution < 1.29 is 40.8 Å². The first-order valence-electron chi connectivity index (χ1n) is 7.95. The highest BCUT2D eigenvalue weighted by Crippen LogP contribution is 2.22. The molecule has 0 unspecified atom stereocenters. The fourth-order valence-corrected chi connectivity index (χ4v) is 4.39. The third-order valence-electron chi connectivity index (χ3n) is 3.14. The lowest BCUT2D eigenvalue weighted by atomic mass is 10.2. The van der Waals surface area contributed by atoms with Gasteiger partial charge in [-0.3, -0.25) is 14.4 Å². The van der Waals surface area contributed by atoms with E-state index in [0.29, 0.717) is 12.1 Å². The Hall–Kier alpha value is -2.36. The lowest BCUT2D eigenvalue weighted by Crippen LogP contribution is -2.52. The Morgan fingerprint density at radius 1 is 0.808 bits per heavy atom. The molecule has 1 rings (SSSR count). The average molecular weight is 392 g/mol. The van der Waals surface area contributed by atoms with Gasteiger partial charge in [0.2, 0.25) is 0 Å². The van der Waals surface area contributed by atoms with Crippen LogP contribution >= 0.6 is 0 Å². The van der Waals surface area contributed by atoms with E-state index in [4.69, 9.17) is 13.3 Å². The zero-order valence-corrected chi connectivity index (χ0v) is 15.6. The number of benzene rings is 1. The second-order valence-electron chi connectivity index (χ2n) is 5.22. The molecular formula is C16H19F3O6Si. The minimum absolute atomic E-state index is 0.117. The van der Waals surface area contributed by atoms with Crippen LogP contribution in [0.3, 0.4) is 0 Å². The fourth-order valence-electron chi connectivity index (χ4n) is 1.87. The highest BCUT2D eigenvalue weighted by Gasteiger charge is 2.53. The first kappa shape index (κ1) is 21.7. The third kappa shape index (κ3) is 5.87. The molecule has 0 saturated heterocycles. The maximum absolute atomic E-state index is 13.5. The largest absolute Gasteiger partial charge is 0.709 e. The van der Waals surface area contributed by atoms with Crippen molar-refractivity contribution in [3.63, 3.8) is 0 Å². The highest BCUT2D eigenvalue weighted by molar-refractivity contribution is 6.65. The number of halogens is 3. The van der Waals surface area contributed by atoms with Crippen LogP contribution < -0.4 is 0 Å². The topological polar surface area (TPSA) is 78.9 Å². The van der Waals surface area contributed by atoms with E-state index in [1.54, 1.807) is 0 Å². The van der Waals surface area contributed by atoms with Crippen LogP contribution in [0, 0.1) is 17.5 Å². The molecule has 0 amide bonds. The molecule has 0 heterocycles. The van der Waals surface area contributed by atoms with Gasteiger partial charge in [-0.2, -0.15) is 0 Å². The summed E-state index contributed by atoms with van der Waals surface area (Å²) < 4.78 is 55.5. The zero-order chi connectivity index (χ0) is 19.9. The van der Waals surface area contributed by atoms with Crippen LogP contribution in [-0.4, -0.2) is 26.7 Å². The van der Waals surface area contributed by atoms with Crippen molar-refractivity contribution in [3.8, 4) is 0 Å². The number of carbonyl (C=O) groups excluding carboxylic acids is 3. The van der Waals surface area contributed by atoms with Crippen LogP contribution in [0.2, 0.25) is 0 Å². The molecule has 0 saturated carbocycles. The second-order valence-corrected chi connectivity index (χ2v) is 7.55. The number of rotatable bonds is 8. The summed E-state index contributed by atoms with van der Waals surface area (Å²) in [4.78, 5) is 35.3. The molecule has 26 heavy (non-hydrogen) atoms. The van der Waals surface area contributed by atoms with E-state index in [0.717, 1.165) is 0 Å². The normalized spacial score (nSPS) is 11.0. The molecule has 0 N–H and O–H groups in total. The van der Waals surface area contributed by atoms with Gasteiger partial charge in [0.15, 0.2) is 17.5 Å². The Kier molecular flexibility index (Phi) is 7.81. The molecule has 0 radical (unpaired) electrons. The molecule has 10 heteroatoms. The lowest BCUT2D eigenvalue weighted by molar-refractivity contribution is -0.150. The molecule has 0 fully saturated rings. The van der Waals surface area contributed by atoms with Crippen molar-refractivity contribution in [2.24, 2.45) is 0 Å². The van der Waals surface area contributed by atoms with E-state index in [1.165, 1.54) is 20.8 Å². The minimum atomic E-state index is -4.36. The molecule has 0 bridgehead atoms. The molecule has 0 aliphatic carbocycles. The molecule has 6 nitrogen and oxygen atoms in total. The van der Waals surface area contributed by atoms with E-state index >= 15 is 0 Å². The summed E-state index contributed by atoms with van der Waals surface area (Å²) >= 11 is 0. The molecular weight excluding hydrogens is 373 g/mol. The maximum atomic E-state index is 13.5. The summed E-state index contributed by atoms with van der Waals surface area (Å²) in [7, 11) is -4.36. The van der Waals surface area contributed by atoms with Crippen molar-refractivity contribution in [2.75, 3.05) is 0 Å². The van der Waals surface area contributed by atoms with Gasteiger partial charge in [-0.05, 0) is 17.7 Å². The Bertz CT molecular complexity index is 626. The van der Waals surface area contributed by atoms with Crippen LogP contribution in [0.25, 0.3) is 0 Å².